The first kappa shape index (κ1) is 14.1. The van der Waals surface area contributed by atoms with Gasteiger partial charge in [0, 0.05) is 18.2 Å². The summed E-state index contributed by atoms with van der Waals surface area (Å²) in [6.45, 7) is 10.1. The molecule has 0 N–H and O–H groups in total. The predicted molar refractivity (Wildman–Crippen MR) is 91.0 cm³/mol. The lowest BCUT2D eigenvalue weighted by Crippen LogP contribution is -2.36. The second-order valence-corrected chi connectivity index (χ2v) is 6.54. The summed E-state index contributed by atoms with van der Waals surface area (Å²) in [6.07, 6.45) is 0. The Morgan fingerprint density at radius 2 is 1.71 bits per heavy atom. The fourth-order valence-electron chi connectivity index (χ4n) is 3.02. The molecule has 1 aliphatic rings. The highest BCUT2D eigenvalue weighted by molar-refractivity contribution is 6.10. The Bertz CT molecular complexity index is 665. The number of nitrogens with zero attached hydrogens (tertiary/aromatic N) is 2. The molecular weight excluding hydrogens is 256 g/mol. The van der Waals surface area contributed by atoms with Gasteiger partial charge in [0.05, 0.1) is 6.04 Å². The summed E-state index contributed by atoms with van der Waals surface area (Å²) in [7, 11) is 0. The number of benzene rings is 2. The van der Waals surface area contributed by atoms with E-state index in [0.29, 0.717) is 18.0 Å². The molecule has 0 aromatic heterocycles. The number of fused-ring (bicyclic) bond motifs is 1. The minimum absolute atomic E-state index is 0.404. The normalized spacial score (nSPS) is 18.9. The molecule has 2 aromatic carbocycles. The topological polar surface area (TPSA) is 15.6 Å². The fourth-order valence-corrected chi connectivity index (χ4v) is 3.02. The quantitative estimate of drug-likeness (QED) is 0.817. The van der Waals surface area contributed by atoms with Gasteiger partial charge in [-0.15, -0.1) is 0 Å². The summed E-state index contributed by atoms with van der Waals surface area (Å²) in [5.74, 6) is 1.75. The molecule has 3 rings (SSSR count). The molecule has 110 valence electrons. The van der Waals surface area contributed by atoms with E-state index in [-0.39, 0.29) is 0 Å². The minimum Gasteiger partial charge on any atom is -0.352 e. The molecule has 0 amide bonds. The molecule has 2 aromatic rings. The Balaban J connectivity index is 2.13. The lowest BCUT2D eigenvalue weighted by Gasteiger charge is -2.26. The molecule has 0 unspecified atom stereocenters. The van der Waals surface area contributed by atoms with E-state index in [1.54, 1.807) is 0 Å². The molecule has 0 saturated carbocycles. The van der Waals surface area contributed by atoms with E-state index in [2.05, 4.69) is 75.1 Å². The zero-order valence-corrected chi connectivity index (χ0v) is 13.4. The van der Waals surface area contributed by atoms with Gasteiger partial charge in [0.15, 0.2) is 0 Å². The summed E-state index contributed by atoms with van der Waals surface area (Å²) in [5.41, 5.74) is 1.27. The van der Waals surface area contributed by atoms with Crippen LogP contribution in [0, 0.1) is 5.92 Å². The van der Waals surface area contributed by atoms with Crippen LogP contribution in [0.2, 0.25) is 0 Å². The summed E-state index contributed by atoms with van der Waals surface area (Å²) >= 11 is 0. The van der Waals surface area contributed by atoms with E-state index in [1.165, 1.54) is 22.2 Å². The van der Waals surface area contributed by atoms with Crippen molar-refractivity contribution in [2.45, 2.75) is 39.8 Å². The molecule has 21 heavy (non-hydrogen) atoms. The maximum absolute atomic E-state index is 5.05. The number of aliphatic imine (C=N–C) groups is 1. The smallest absolute Gasteiger partial charge is 0.132 e. The molecule has 1 atom stereocenters. The Labute approximate surface area is 127 Å². The van der Waals surface area contributed by atoms with E-state index >= 15 is 0 Å². The van der Waals surface area contributed by atoms with Crippen molar-refractivity contribution in [1.29, 1.82) is 0 Å². The Hall–Kier alpha value is -1.83. The van der Waals surface area contributed by atoms with Gasteiger partial charge in [-0.3, -0.25) is 4.99 Å². The molecule has 0 spiro atoms. The summed E-state index contributed by atoms with van der Waals surface area (Å²) in [4.78, 5) is 7.50. The molecule has 0 fully saturated rings. The zero-order chi connectivity index (χ0) is 15.0. The van der Waals surface area contributed by atoms with Crippen LogP contribution in [0.3, 0.4) is 0 Å². The van der Waals surface area contributed by atoms with Crippen LogP contribution in [0.1, 0.15) is 33.3 Å². The fraction of sp³-hybridized carbons (Fsp3) is 0.421. The molecule has 0 aliphatic carbocycles. The highest BCUT2D eigenvalue weighted by Gasteiger charge is 2.30. The van der Waals surface area contributed by atoms with Crippen LogP contribution in [0.25, 0.3) is 10.8 Å². The Morgan fingerprint density at radius 1 is 1.00 bits per heavy atom. The molecular formula is C19H24N2. The Kier molecular flexibility index (Phi) is 3.71. The Morgan fingerprint density at radius 3 is 2.43 bits per heavy atom. The molecule has 0 radical (unpaired) electrons. The van der Waals surface area contributed by atoms with Crippen molar-refractivity contribution in [3.05, 3.63) is 48.0 Å². The van der Waals surface area contributed by atoms with Crippen molar-refractivity contribution >= 4 is 16.6 Å². The first-order valence-electron chi connectivity index (χ1n) is 7.90. The second-order valence-electron chi connectivity index (χ2n) is 6.54. The third-order valence-electron chi connectivity index (χ3n) is 4.37. The van der Waals surface area contributed by atoms with E-state index < -0.39 is 0 Å². The van der Waals surface area contributed by atoms with Gasteiger partial charge in [-0.2, -0.15) is 0 Å². The molecule has 1 heterocycles. The second kappa shape index (κ2) is 5.51. The third kappa shape index (κ3) is 2.55. The van der Waals surface area contributed by atoms with E-state index in [0.717, 1.165) is 6.54 Å². The first-order valence-corrected chi connectivity index (χ1v) is 7.90. The van der Waals surface area contributed by atoms with Gasteiger partial charge in [0.25, 0.3) is 0 Å². The molecule has 2 heteroatoms. The van der Waals surface area contributed by atoms with Crippen molar-refractivity contribution in [2.75, 3.05) is 6.54 Å². The molecule has 0 bridgehead atoms. The van der Waals surface area contributed by atoms with Gasteiger partial charge in [-0.25, -0.2) is 0 Å². The van der Waals surface area contributed by atoms with Crippen LogP contribution in [0.4, 0.5) is 0 Å². The molecule has 0 saturated heterocycles. The number of amidine groups is 1. The van der Waals surface area contributed by atoms with E-state index in [1.807, 2.05) is 0 Å². The van der Waals surface area contributed by atoms with Crippen molar-refractivity contribution in [1.82, 2.24) is 4.90 Å². The maximum atomic E-state index is 5.05. The van der Waals surface area contributed by atoms with Crippen LogP contribution in [0.15, 0.2) is 47.5 Å². The zero-order valence-electron chi connectivity index (χ0n) is 13.4. The summed E-state index contributed by atoms with van der Waals surface area (Å²) in [5, 5.41) is 2.59. The van der Waals surface area contributed by atoms with Gasteiger partial charge < -0.3 is 4.90 Å². The van der Waals surface area contributed by atoms with Crippen molar-refractivity contribution in [3.8, 4) is 0 Å². The average Bonchev–Trinajstić information content (AvgIpc) is 2.92. The number of rotatable bonds is 3. The van der Waals surface area contributed by atoms with Crippen LogP contribution in [0.5, 0.6) is 0 Å². The van der Waals surface area contributed by atoms with Crippen LogP contribution in [-0.2, 0) is 0 Å². The molecule has 2 nitrogen and oxygen atoms in total. The monoisotopic (exact) mass is 280 g/mol. The lowest BCUT2D eigenvalue weighted by atomic mass is 10.0. The third-order valence-corrected chi connectivity index (χ3v) is 4.37. The minimum atomic E-state index is 0.404. The van der Waals surface area contributed by atoms with Crippen LogP contribution in [-0.4, -0.2) is 29.4 Å². The summed E-state index contributed by atoms with van der Waals surface area (Å²) in [6, 6.07) is 16.0. The molecule has 1 aliphatic heterocycles. The number of hydrogen-bond acceptors (Lipinski definition) is 2. The lowest BCUT2D eigenvalue weighted by molar-refractivity contribution is 0.333. The van der Waals surface area contributed by atoms with Gasteiger partial charge in [0.1, 0.15) is 5.84 Å². The average molecular weight is 280 g/mol. The maximum Gasteiger partial charge on any atom is 0.132 e. The highest BCUT2D eigenvalue weighted by atomic mass is 15.3. The largest absolute Gasteiger partial charge is 0.352 e. The van der Waals surface area contributed by atoms with Gasteiger partial charge in [-0.1, -0.05) is 56.3 Å². The first-order chi connectivity index (χ1) is 10.1. The van der Waals surface area contributed by atoms with E-state index in [4.69, 9.17) is 4.99 Å². The van der Waals surface area contributed by atoms with Gasteiger partial charge in [-0.05, 0) is 30.5 Å². The van der Waals surface area contributed by atoms with Crippen LogP contribution < -0.4 is 0 Å². The van der Waals surface area contributed by atoms with E-state index in [9.17, 15) is 0 Å². The SMILES string of the molecule is CC(C)[C@H]1CN(C(C)C)C(c2cccc3ccccc23)=N1. The van der Waals surface area contributed by atoms with Crippen LogP contribution >= 0.6 is 0 Å². The predicted octanol–water partition coefficient (Wildman–Crippen LogP) is 4.34. The van der Waals surface area contributed by atoms with Crippen molar-refractivity contribution in [3.63, 3.8) is 0 Å². The summed E-state index contributed by atoms with van der Waals surface area (Å²) < 4.78 is 0. The number of hydrogen-bond donors (Lipinski definition) is 0. The highest BCUT2D eigenvalue weighted by Crippen LogP contribution is 2.27. The van der Waals surface area contributed by atoms with Crippen molar-refractivity contribution in [2.24, 2.45) is 10.9 Å². The van der Waals surface area contributed by atoms with Gasteiger partial charge in [0.2, 0.25) is 0 Å². The van der Waals surface area contributed by atoms with Crippen molar-refractivity contribution < 1.29 is 0 Å². The standard InChI is InChI=1S/C19H24N2/c1-13(2)18-12-21(14(3)4)19(20-18)17-11-7-9-15-8-5-6-10-16(15)17/h5-11,13-14,18H,12H2,1-4H3/t18-/m1/s1. The van der Waals surface area contributed by atoms with Gasteiger partial charge >= 0.3 is 0 Å².